The topological polar surface area (TPSA) is 41.5 Å². The molecule has 2 rings (SSSR count). The van der Waals surface area contributed by atoms with E-state index in [1.54, 1.807) is 6.07 Å². The Balaban J connectivity index is 2.45. The zero-order valence-corrected chi connectivity index (χ0v) is 7.42. The van der Waals surface area contributed by atoms with E-state index in [-0.39, 0.29) is 0 Å². The van der Waals surface area contributed by atoms with Crippen molar-refractivity contribution in [3.63, 3.8) is 0 Å². The smallest absolute Gasteiger partial charge is 0.111 e. The van der Waals surface area contributed by atoms with Crippen LogP contribution in [0.2, 0.25) is 0 Å². The summed E-state index contributed by atoms with van der Waals surface area (Å²) in [6.45, 7) is 1.94. The summed E-state index contributed by atoms with van der Waals surface area (Å²) in [5.41, 5.74) is 3.01. The molecule has 1 aliphatic heterocycles. The third-order valence-corrected chi connectivity index (χ3v) is 2.47. The van der Waals surface area contributed by atoms with Crippen LogP contribution in [0.5, 0.6) is 0 Å². The SMILES string of the molecule is O=Nc1cccc2c1CCNCC2. The van der Waals surface area contributed by atoms with E-state index in [2.05, 4.69) is 16.6 Å². The van der Waals surface area contributed by atoms with Gasteiger partial charge < -0.3 is 5.32 Å². The van der Waals surface area contributed by atoms with Crippen molar-refractivity contribution in [3.05, 3.63) is 34.2 Å². The molecule has 0 bridgehead atoms. The van der Waals surface area contributed by atoms with Crippen molar-refractivity contribution in [1.29, 1.82) is 0 Å². The predicted molar refractivity (Wildman–Crippen MR) is 52.2 cm³/mol. The first-order valence-electron chi connectivity index (χ1n) is 4.56. The summed E-state index contributed by atoms with van der Waals surface area (Å²) in [6, 6.07) is 5.77. The number of nitrogens with zero attached hydrogens (tertiary/aromatic N) is 1. The van der Waals surface area contributed by atoms with Gasteiger partial charge in [-0.2, -0.15) is 0 Å². The van der Waals surface area contributed by atoms with Gasteiger partial charge in [-0.15, -0.1) is 4.91 Å². The fourth-order valence-electron chi connectivity index (χ4n) is 1.79. The minimum absolute atomic E-state index is 0.612. The maximum Gasteiger partial charge on any atom is 0.111 e. The molecule has 0 aromatic heterocycles. The highest BCUT2D eigenvalue weighted by molar-refractivity contribution is 5.50. The summed E-state index contributed by atoms with van der Waals surface area (Å²) in [5, 5.41) is 6.35. The van der Waals surface area contributed by atoms with Gasteiger partial charge >= 0.3 is 0 Å². The molecule has 1 aromatic rings. The van der Waals surface area contributed by atoms with Crippen molar-refractivity contribution < 1.29 is 0 Å². The van der Waals surface area contributed by atoms with Crippen molar-refractivity contribution in [1.82, 2.24) is 5.32 Å². The lowest BCUT2D eigenvalue weighted by atomic mass is 10.0. The van der Waals surface area contributed by atoms with Crippen LogP contribution in [0.3, 0.4) is 0 Å². The largest absolute Gasteiger partial charge is 0.316 e. The van der Waals surface area contributed by atoms with Crippen LogP contribution in [0.1, 0.15) is 11.1 Å². The normalized spacial score (nSPS) is 16.0. The van der Waals surface area contributed by atoms with Crippen LogP contribution >= 0.6 is 0 Å². The van der Waals surface area contributed by atoms with Gasteiger partial charge in [0.25, 0.3) is 0 Å². The van der Waals surface area contributed by atoms with Crippen molar-refractivity contribution in [2.45, 2.75) is 12.8 Å². The minimum Gasteiger partial charge on any atom is -0.316 e. The second-order valence-corrected chi connectivity index (χ2v) is 3.26. The van der Waals surface area contributed by atoms with E-state index in [9.17, 15) is 4.91 Å². The molecule has 0 spiro atoms. The van der Waals surface area contributed by atoms with Gasteiger partial charge in [-0.25, -0.2) is 0 Å². The molecule has 3 heteroatoms. The Labute approximate surface area is 77.1 Å². The van der Waals surface area contributed by atoms with Gasteiger partial charge in [0.2, 0.25) is 0 Å². The number of nitroso groups, excluding NO2 is 1. The van der Waals surface area contributed by atoms with Crippen LogP contribution in [0.15, 0.2) is 23.4 Å². The van der Waals surface area contributed by atoms with Gasteiger partial charge in [-0.05, 0) is 48.3 Å². The van der Waals surface area contributed by atoms with E-state index in [0.717, 1.165) is 31.5 Å². The van der Waals surface area contributed by atoms with Crippen molar-refractivity contribution >= 4 is 5.69 Å². The lowest BCUT2D eigenvalue weighted by Crippen LogP contribution is -2.16. The number of rotatable bonds is 1. The van der Waals surface area contributed by atoms with E-state index in [4.69, 9.17) is 0 Å². The molecule has 13 heavy (non-hydrogen) atoms. The number of hydrogen-bond donors (Lipinski definition) is 1. The average Bonchev–Trinajstić information content (AvgIpc) is 2.41. The Hall–Kier alpha value is -1.22. The Morgan fingerprint density at radius 2 is 2.08 bits per heavy atom. The lowest BCUT2D eigenvalue weighted by molar-refractivity contribution is 0.711. The van der Waals surface area contributed by atoms with Crippen LogP contribution in [-0.4, -0.2) is 13.1 Å². The number of fused-ring (bicyclic) bond motifs is 1. The molecular weight excluding hydrogens is 164 g/mol. The fraction of sp³-hybridized carbons (Fsp3) is 0.400. The van der Waals surface area contributed by atoms with E-state index < -0.39 is 0 Å². The first-order valence-corrected chi connectivity index (χ1v) is 4.56. The lowest BCUT2D eigenvalue weighted by Gasteiger charge is -2.05. The van der Waals surface area contributed by atoms with Gasteiger partial charge in [-0.1, -0.05) is 12.1 Å². The van der Waals surface area contributed by atoms with Gasteiger partial charge in [0, 0.05) is 0 Å². The van der Waals surface area contributed by atoms with Crippen LogP contribution in [0.25, 0.3) is 0 Å². The number of benzene rings is 1. The molecule has 0 unspecified atom stereocenters. The van der Waals surface area contributed by atoms with Crippen LogP contribution < -0.4 is 5.32 Å². The zero-order valence-electron chi connectivity index (χ0n) is 7.42. The molecule has 0 saturated carbocycles. The van der Waals surface area contributed by atoms with Crippen molar-refractivity contribution in [2.24, 2.45) is 5.18 Å². The number of nitrogens with one attached hydrogen (secondary N) is 1. The molecule has 0 atom stereocenters. The van der Waals surface area contributed by atoms with Gasteiger partial charge in [0.05, 0.1) is 0 Å². The third kappa shape index (κ3) is 1.60. The van der Waals surface area contributed by atoms with E-state index in [1.165, 1.54) is 5.56 Å². The highest BCUT2D eigenvalue weighted by atomic mass is 16.3. The van der Waals surface area contributed by atoms with Crippen LogP contribution in [-0.2, 0) is 12.8 Å². The molecule has 0 aliphatic carbocycles. The van der Waals surface area contributed by atoms with E-state index >= 15 is 0 Å². The maximum atomic E-state index is 10.5. The second-order valence-electron chi connectivity index (χ2n) is 3.26. The quantitative estimate of drug-likeness (QED) is 0.662. The Kier molecular flexibility index (Phi) is 2.36. The van der Waals surface area contributed by atoms with Crippen LogP contribution in [0.4, 0.5) is 5.69 Å². The molecule has 0 amide bonds. The maximum absolute atomic E-state index is 10.5. The highest BCUT2D eigenvalue weighted by Gasteiger charge is 2.10. The first-order chi connectivity index (χ1) is 6.42. The molecule has 0 fully saturated rings. The van der Waals surface area contributed by atoms with Crippen molar-refractivity contribution in [2.75, 3.05) is 13.1 Å². The van der Waals surface area contributed by atoms with E-state index in [1.807, 2.05) is 6.07 Å². The monoisotopic (exact) mass is 176 g/mol. The van der Waals surface area contributed by atoms with Gasteiger partial charge in [-0.3, -0.25) is 0 Å². The van der Waals surface area contributed by atoms with Crippen molar-refractivity contribution in [3.8, 4) is 0 Å². The fourth-order valence-corrected chi connectivity index (χ4v) is 1.79. The molecule has 1 N–H and O–H groups in total. The molecule has 0 saturated heterocycles. The summed E-state index contributed by atoms with van der Waals surface area (Å²) in [6.07, 6.45) is 1.91. The molecule has 1 heterocycles. The molecule has 1 aromatic carbocycles. The van der Waals surface area contributed by atoms with Gasteiger partial charge in [0.1, 0.15) is 5.69 Å². The standard InChI is InChI=1S/C10H12N2O/c13-12-10-3-1-2-8-4-6-11-7-5-9(8)10/h1-3,11H,4-7H2. The second kappa shape index (κ2) is 3.66. The molecular formula is C10H12N2O. The molecule has 68 valence electrons. The summed E-state index contributed by atoms with van der Waals surface area (Å²) in [5.74, 6) is 0. The van der Waals surface area contributed by atoms with Gasteiger partial charge in [0.15, 0.2) is 0 Å². The first kappa shape index (κ1) is 8.38. The summed E-state index contributed by atoms with van der Waals surface area (Å²) >= 11 is 0. The molecule has 1 aliphatic rings. The Bertz CT molecular complexity index is 323. The summed E-state index contributed by atoms with van der Waals surface area (Å²) < 4.78 is 0. The minimum atomic E-state index is 0.612. The van der Waals surface area contributed by atoms with E-state index in [0.29, 0.717) is 5.69 Å². The predicted octanol–water partition coefficient (Wildman–Crippen LogP) is 1.77. The molecule has 0 radical (unpaired) electrons. The van der Waals surface area contributed by atoms with Crippen LogP contribution in [0, 0.1) is 4.91 Å². The number of hydrogen-bond acceptors (Lipinski definition) is 3. The third-order valence-electron chi connectivity index (χ3n) is 2.47. The molecule has 3 nitrogen and oxygen atoms in total. The Morgan fingerprint density at radius 3 is 2.92 bits per heavy atom. The zero-order chi connectivity index (χ0) is 9.10. The summed E-state index contributed by atoms with van der Waals surface area (Å²) in [4.78, 5) is 10.5. The average molecular weight is 176 g/mol. The highest BCUT2D eigenvalue weighted by Crippen LogP contribution is 2.24. The summed E-state index contributed by atoms with van der Waals surface area (Å²) in [7, 11) is 0. The Morgan fingerprint density at radius 1 is 1.23 bits per heavy atom.